The average Bonchev–Trinajstić information content (AvgIpc) is 2.52. The molecule has 1 rings (SSSR count). The standard InChI is InChI=1S/C16H17F7O3/c1-4-26-12(24)10-7-5-6-8-11(10)13(2,25-3)9-14(17,15(18,19)20)16(21,22)23/h5-8H,4,9H2,1-3H3. The van der Waals surface area contributed by atoms with Gasteiger partial charge in [0.1, 0.15) is 0 Å². The quantitative estimate of drug-likeness (QED) is 0.510. The summed E-state index contributed by atoms with van der Waals surface area (Å²) >= 11 is 0. The van der Waals surface area contributed by atoms with Gasteiger partial charge in [0.2, 0.25) is 0 Å². The molecule has 1 unspecified atom stereocenters. The molecule has 3 nitrogen and oxygen atoms in total. The van der Waals surface area contributed by atoms with Gasteiger partial charge in [-0.1, -0.05) is 18.2 Å². The molecule has 0 saturated carbocycles. The van der Waals surface area contributed by atoms with Crippen LogP contribution in [0.5, 0.6) is 0 Å². The molecule has 148 valence electrons. The first-order chi connectivity index (χ1) is 11.7. The van der Waals surface area contributed by atoms with Crippen molar-refractivity contribution in [1.29, 1.82) is 0 Å². The summed E-state index contributed by atoms with van der Waals surface area (Å²) in [6.45, 7) is 2.24. The van der Waals surface area contributed by atoms with Gasteiger partial charge in [0.05, 0.1) is 17.8 Å². The van der Waals surface area contributed by atoms with Crippen molar-refractivity contribution in [3.63, 3.8) is 0 Å². The highest BCUT2D eigenvalue weighted by atomic mass is 19.4. The molecule has 0 aliphatic rings. The Balaban J connectivity index is 3.51. The number of methoxy groups -OCH3 is 1. The van der Waals surface area contributed by atoms with Crippen LogP contribution >= 0.6 is 0 Å². The van der Waals surface area contributed by atoms with Crippen LogP contribution in [0.4, 0.5) is 30.7 Å². The number of carbonyl (C=O) groups excluding carboxylic acids is 1. The lowest BCUT2D eigenvalue weighted by atomic mass is 9.81. The zero-order valence-electron chi connectivity index (χ0n) is 14.1. The van der Waals surface area contributed by atoms with Gasteiger partial charge in [0.25, 0.3) is 0 Å². The van der Waals surface area contributed by atoms with Crippen molar-refractivity contribution in [2.75, 3.05) is 13.7 Å². The number of carbonyl (C=O) groups is 1. The molecule has 0 saturated heterocycles. The molecule has 0 spiro atoms. The number of hydrogen-bond donors (Lipinski definition) is 0. The van der Waals surface area contributed by atoms with E-state index in [0.29, 0.717) is 0 Å². The van der Waals surface area contributed by atoms with E-state index in [1.165, 1.54) is 19.1 Å². The highest BCUT2D eigenvalue weighted by Crippen LogP contribution is 2.52. The number of halogens is 7. The molecule has 0 aliphatic heterocycles. The Hall–Kier alpha value is -1.84. The van der Waals surface area contributed by atoms with Gasteiger partial charge in [-0.3, -0.25) is 0 Å². The number of benzene rings is 1. The smallest absolute Gasteiger partial charge is 0.431 e. The van der Waals surface area contributed by atoms with Gasteiger partial charge in [-0.2, -0.15) is 26.3 Å². The second-order valence-corrected chi connectivity index (χ2v) is 5.67. The Morgan fingerprint density at radius 2 is 1.50 bits per heavy atom. The van der Waals surface area contributed by atoms with E-state index in [1.807, 2.05) is 0 Å². The first kappa shape index (κ1) is 22.2. The fraction of sp³-hybridized carbons (Fsp3) is 0.562. The highest BCUT2D eigenvalue weighted by Gasteiger charge is 2.74. The zero-order valence-corrected chi connectivity index (χ0v) is 14.1. The summed E-state index contributed by atoms with van der Waals surface area (Å²) in [6.07, 6.45) is -14.6. The molecule has 0 bridgehead atoms. The van der Waals surface area contributed by atoms with Crippen LogP contribution in [-0.2, 0) is 15.1 Å². The van der Waals surface area contributed by atoms with Crippen molar-refractivity contribution >= 4 is 5.97 Å². The number of rotatable bonds is 6. The van der Waals surface area contributed by atoms with Gasteiger partial charge in [0.15, 0.2) is 0 Å². The molecule has 0 aromatic heterocycles. The molecule has 1 atom stereocenters. The van der Waals surface area contributed by atoms with Crippen LogP contribution in [-0.4, -0.2) is 37.7 Å². The van der Waals surface area contributed by atoms with Crippen LogP contribution in [0.25, 0.3) is 0 Å². The number of esters is 1. The minimum Gasteiger partial charge on any atom is -0.462 e. The molecule has 0 radical (unpaired) electrons. The van der Waals surface area contributed by atoms with E-state index in [0.717, 1.165) is 26.2 Å². The third-order valence-electron chi connectivity index (χ3n) is 3.92. The van der Waals surface area contributed by atoms with Crippen molar-refractivity contribution in [2.45, 2.75) is 43.9 Å². The first-order valence-electron chi connectivity index (χ1n) is 7.37. The van der Waals surface area contributed by atoms with E-state index < -0.39 is 36.0 Å². The summed E-state index contributed by atoms with van der Waals surface area (Å²) in [5, 5.41) is 0. The molecule has 10 heteroatoms. The van der Waals surface area contributed by atoms with Crippen molar-refractivity contribution in [3.8, 4) is 0 Å². The Kier molecular flexibility index (Phi) is 6.33. The highest BCUT2D eigenvalue weighted by molar-refractivity contribution is 5.91. The van der Waals surface area contributed by atoms with Gasteiger partial charge in [-0.05, 0) is 25.5 Å². The van der Waals surface area contributed by atoms with Crippen LogP contribution in [0.2, 0.25) is 0 Å². The number of hydrogen-bond acceptors (Lipinski definition) is 3. The Labute approximate surface area is 145 Å². The molecule has 0 fully saturated rings. The predicted octanol–water partition coefficient (Wildman–Crippen LogP) is 4.95. The van der Waals surface area contributed by atoms with Gasteiger partial charge in [0, 0.05) is 13.5 Å². The summed E-state index contributed by atoms with van der Waals surface area (Å²) in [5.41, 5.74) is -8.61. The van der Waals surface area contributed by atoms with Crippen molar-refractivity contribution < 1.29 is 45.0 Å². The molecule has 1 aromatic carbocycles. The fourth-order valence-corrected chi connectivity index (χ4v) is 2.43. The minimum atomic E-state index is -6.23. The molecule has 0 heterocycles. The van der Waals surface area contributed by atoms with Crippen LogP contribution in [0, 0.1) is 0 Å². The summed E-state index contributed by atoms with van der Waals surface area (Å²) in [4.78, 5) is 12.0. The van der Waals surface area contributed by atoms with Gasteiger partial charge >= 0.3 is 24.0 Å². The summed E-state index contributed by atoms with van der Waals surface area (Å²) in [6, 6.07) is 4.84. The normalized spacial score (nSPS) is 15.5. The van der Waals surface area contributed by atoms with E-state index in [1.54, 1.807) is 0 Å². The monoisotopic (exact) mass is 390 g/mol. The van der Waals surface area contributed by atoms with E-state index in [9.17, 15) is 35.5 Å². The summed E-state index contributed by atoms with van der Waals surface area (Å²) in [5.74, 6) is -0.977. The van der Waals surface area contributed by atoms with E-state index in [2.05, 4.69) is 0 Å². The van der Waals surface area contributed by atoms with Gasteiger partial charge < -0.3 is 9.47 Å². The Bertz CT molecular complexity index is 625. The number of ether oxygens (including phenoxy) is 2. The molecule has 0 N–H and O–H groups in total. The van der Waals surface area contributed by atoms with E-state index in [-0.39, 0.29) is 17.7 Å². The molecule has 1 aromatic rings. The number of alkyl halides is 7. The van der Waals surface area contributed by atoms with Crippen LogP contribution in [0.15, 0.2) is 24.3 Å². The van der Waals surface area contributed by atoms with Gasteiger partial charge in [-0.15, -0.1) is 0 Å². The van der Waals surface area contributed by atoms with E-state index in [4.69, 9.17) is 9.47 Å². The van der Waals surface area contributed by atoms with Crippen LogP contribution in [0.1, 0.15) is 36.2 Å². The molecule has 0 aliphatic carbocycles. The minimum absolute atomic E-state index is 0.0744. The summed E-state index contributed by atoms with van der Waals surface area (Å²) in [7, 11) is 0.828. The fourth-order valence-electron chi connectivity index (χ4n) is 2.43. The zero-order chi connectivity index (χ0) is 20.4. The third kappa shape index (κ3) is 4.11. The topological polar surface area (TPSA) is 35.5 Å². The second-order valence-electron chi connectivity index (χ2n) is 5.67. The lowest BCUT2D eigenvalue weighted by Crippen LogP contribution is -2.56. The first-order valence-corrected chi connectivity index (χ1v) is 7.37. The SMILES string of the molecule is CCOC(=O)c1ccccc1C(C)(CC(F)(C(F)(F)F)C(F)(F)F)OC. The predicted molar refractivity (Wildman–Crippen MR) is 77.3 cm³/mol. The van der Waals surface area contributed by atoms with E-state index >= 15 is 0 Å². The largest absolute Gasteiger partial charge is 0.462 e. The lowest BCUT2D eigenvalue weighted by molar-refractivity contribution is -0.353. The molecule has 0 amide bonds. The Morgan fingerprint density at radius 3 is 1.92 bits per heavy atom. The lowest BCUT2D eigenvalue weighted by Gasteiger charge is -2.38. The van der Waals surface area contributed by atoms with Crippen LogP contribution in [0.3, 0.4) is 0 Å². The maximum Gasteiger partial charge on any atom is 0.431 e. The molecular weight excluding hydrogens is 373 g/mol. The summed E-state index contributed by atoms with van der Waals surface area (Å²) < 4.78 is 101. The van der Waals surface area contributed by atoms with Crippen molar-refractivity contribution in [3.05, 3.63) is 35.4 Å². The van der Waals surface area contributed by atoms with Crippen molar-refractivity contribution in [1.82, 2.24) is 0 Å². The second kappa shape index (κ2) is 7.42. The van der Waals surface area contributed by atoms with Crippen LogP contribution < -0.4 is 0 Å². The van der Waals surface area contributed by atoms with Crippen molar-refractivity contribution in [2.24, 2.45) is 0 Å². The molecular formula is C16H17F7O3. The maximum atomic E-state index is 14.2. The maximum absolute atomic E-state index is 14.2. The third-order valence-corrected chi connectivity index (χ3v) is 3.92. The van der Waals surface area contributed by atoms with Gasteiger partial charge in [-0.25, -0.2) is 9.18 Å². The molecule has 26 heavy (non-hydrogen) atoms. The Morgan fingerprint density at radius 1 is 1.00 bits per heavy atom. The average molecular weight is 390 g/mol.